The summed E-state index contributed by atoms with van der Waals surface area (Å²) in [6.07, 6.45) is 2.87. The summed E-state index contributed by atoms with van der Waals surface area (Å²) in [4.78, 5) is 13.1. The highest BCUT2D eigenvalue weighted by Gasteiger charge is 2.22. The summed E-state index contributed by atoms with van der Waals surface area (Å²) in [5, 5.41) is 12.5. The first-order valence-corrected chi connectivity index (χ1v) is 8.12. The van der Waals surface area contributed by atoms with Gasteiger partial charge in [-0.2, -0.15) is 10.2 Å². The molecule has 0 bridgehead atoms. The second-order valence-electron chi connectivity index (χ2n) is 6.31. The molecule has 1 atom stereocenters. The van der Waals surface area contributed by atoms with Gasteiger partial charge in [0.05, 0.1) is 11.6 Å². The Balaban J connectivity index is 1.57. The summed E-state index contributed by atoms with van der Waals surface area (Å²) >= 11 is 0. The van der Waals surface area contributed by atoms with Gasteiger partial charge >= 0.3 is 0 Å². The van der Waals surface area contributed by atoms with E-state index in [9.17, 15) is 0 Å². The van der Waals surface area contributed by atoms with E-state index in [1.807, 2.05) is 43.3 Å². The van der Waals surface area contributed by atoms with Gasteiger partial charge in [0.2, 0.25) is 5.95 Å². The van der Waals surface area contributed by atoms with Crippen molar-refractivity contribution in [3.8, 4) is 6.07 Å². The minimum absolute atomic E-state index is 0.383. The third kappa shape index (κ3) is 4.00. The number of likely N-dealkylation sites (tertiary alicyclic amines) is 1. The fourth-order valence-corrected chi connectivity index (χ4v) is 2.94. The Bertz CT molecular complexity index is 736. The maximum Gasteiger partial charge on any atom is 0.226 e. The minimum atomic E-state index is 0.383. The Kier molecular flexibility index (Phi) is 4.92. The van der Waals surface area contributed by atoms with Crippen LogP contribution in [-0.4, -0.2) is 48.1 Å². The number of hydrogen-bond donors (Lipinski definition) is 1. The molecular formula is C18H22N6. The number of hydrogen-bond acceptors (Lipinski definition) is 6. The molecule has 1 aromatic carbocycles. The second-order valence-corrected chi connectivity index (χ2v) is 6.31. The lowest BCUT2D eigenvalue weighted by atomic mass is 10.1. The molecule has 124 valence electrons. The topological polar surface area (TPSA) is 68.1 Å². The molecule has 0 radical (unpaired) electrons. The average molecular weight is 322 g/mol. The minimum Gasteiger partial charge on any atom is -0.366 e. The van der Waals surface area contributed by atoms with Gasteiger partial charge in [0.1, 0.15) is 5.82 Å². The molecule has 2 heterocycles. The maximum atomic E-state index is 9.00. The third-order valence-electron chi connectivity index (χ3n) is 4.13. The van der Waals surface area contributed by atoms with E-state index >= 15 is 0 Å². The molecule has 0 spiro atoms. The van der Waals surface area contributed by atoms with Gasteiger partial charge in [0, 0.05) is 46.0 Å². The normalized spacial score (nSPS) is 17.5. The zero-order valence-electron chi connectivity index (χ0n) is 14.1. The molecule has 6 nitrogen and oxygen atoms in total. The van der Waals surface area contributed by atoms with E-state index in [4.69, 9.17) is 5.26 Å². The molecule has 3 rings (SSSR count). The Labute approximate surface area is 142 Å². The number of nitriles is 1. The zero-order chi connectivity index (χ0) is 16.9. The first-order valence-electron chi connectivity index (χ1n) is 8.12. The molecule has 0 saturated carbocycles. The smallest absolute Gasteiger partial charge is 0.226 e. The van der Waals surface area contributed by atoms with Crippen LogP contribution in [0, 0.1) is 11.3 Å². The van der Waals surface area contributed by atoms with Crippen LogP contribution < -0.4 is 10.2 Å². The average Bonchev–Trinajstić information content (AvgIpc) is 3.02. The predicted octanol–water partition coefficient (Wildman–Crippen LogP) is 2.10. The summed E-state index contributed by atoms with van der Waals surface area (Å²) in [7, 11) is 3.87. The fraction of sp³-hybridized carbons (Fsp3) is 0.389. The van der Waals surface area contributed by atoms with Gasteiger partial charge in [-0.3, -0.25) is 4.90 Å². The van der Waals surface area contributed by atoms with E-state index < -0.39 is 0 Å². The SMILES string of the molecule is CN(C)c1nccc(NC2CCN(Cc3cccc(C#N)c3)C2)n1. The number of nitrogens with zero attached hydrogens (tertiary/aromatic N) is 5. The molecule has 1 N–H and O–H groups in total. The van der Waals surface area contributed by atoms with Gasteiger partial charge in [-0.1, -0.05) is 12.1 Å². The lowest BCUT2D eigenvalue weighted by Crippen LogP contribution is -2.26. The van der Waals surface area contributed by atoms with Gasteiger partial charge in [-0.05, 0) is 30.2 Å². The summed E-state index contributed by atoms with van der Waals surface area (Å²) in [5.74, 6) is 1.58. The lowest BCUT2D eigenvalue weighted by Gasteiger charge is -2.18. The molecule has 1 fully saturated rings. The number of benzene rings is 1. The maximum absolute atomic E-state index is 9.00. The molecular weight excluding hydrogens is 300 g/mol. The summed E-state index contributed by atoms with van der Waals surface area (Å²) in [5.41, 5.74) is 1.91. The van der Waals surface area contributed by atoms with Crippen molar-refractivity contribution in [2.24, 2.45) is 0 Å². The molecule has 1 aliphatic rings. The van der Waals surface area contributed by atoms with Crippen molar-refractivity contribution in [1.82, 2.24) is 14.9 Å². The van der Waals surface area contributed by atoms with Crippen LogP contribution in [0.1, 0.15) is 17.5 Å². The second kappa shape index (κ2) is 7.28. The number of nitrogens with one attached hydrogen (secondary N) is 1. The molecule has 6 heteroatoms. The molecule has 0 amide bonds. The van der Waals surface area contributed by atoms with E-state index in [2.05, 4.69) is 32.3 Å². The van der Waals surface area contributed by atoms with Crippen LogP contribution in [-0.2, 0) is 6.54 Å². The molecule has 1 aliphatic heterocycles. The van der Waals surface area contributed by atoms with Crippen LogP contribution in [0.4, 0.5) is 11.8 Å². The van der Waals surface area contributed by atoms with E-state index in [0.717, 1.165) is 37.4 Å². The first-order chi connectivity index (χ1) is 11.6. The highest BCUT2D eigenvalue weighted by atomic mass is 15.2. The van der Waals surface area contributed by atoms with E-state index in [-0.39, 0.29) is 0 Å². The fourth-order valence-electron chi connectivity index (χ4n) is 2.94. The van der Waals surface area contributed by atoms with Crippen LogP contribution in [0.3, 0.4) is 0 Å². The van der Waals surface area contributed by atoms with Gasteiger partial charge < -0.3 is 10.2 Å². The number of aromatic nitrogens is 2. The quantitative estimate of drug-likeness (QED) is 0.909. The van der Waals surface area contributed by atoms with Gasteiger partial charge in [-0.25, -0.2) is 4.98 Å². The van der Waals surface area contributed by atoms with Gasteiger partial charge in [0.25, 0.3) is 0 Å². The number of rotatable bonds is 5. The molecule has 24 heavy (non-hydrogen) atoms. The van der Waals surface area contributed by atoms with Crippen molar-refractivity contribution in [3.05, 3.63) is 47.7 Å². The molecule has 1 aromatic heterocycles. The van der Waals surface area contributed by atoms with Crippen LogP contribution >= 0.6 is 0 Å². The number of anilines is 2. The van der Waals surface area contributed by atoms with Crippen LogP contribution in [0.15, 0.2) is 36.5 Å². The monoisotopic (exact) mass is 322 g/mol. The summed E-state index contributed by atoms with van der Waals surface area (Å²) in [6, 6.07) is 12.3. The summed E-state index contributed by atoms with van der Waals surface area (Å²) in [6.45, 7) is 2.89. The highest BCUT2D eigenvalue weighted by Crippen LogP contribution is 2.18. The Morgan fingerprint density at radius 3 is 3.04 bits per heavy atom. The van der Waals surface area contributed by atoms with Crippen LogP contribution in [0.25, 0.3) is 0 Å². The Morgan fingerprint density at radius 1 is 1.38 bits per heavy atom. The first kappa shape index (κ1) is 16.2. The Hall–Kier alpha value is -2.65. The van der Waals surface area contributed by atoms with Crippen LogP contribution in [0.2, 0.25) is 0 Å². The van der Waals surface area contributed by atoms with Crippen molar-refractivity contribution in [2.45, 2.75) is 19.0 Å². The lowest BCUT2D eigenvalue weighted by molar-refractivity contribution is 0.328. The van der Waals surface area contributed by atoms with Crippen molar-refractivity contribution in [2.75, 3.05) is 37.4 Å². The predicted molar refractivity (Wildman–Crippen MR) is 94.8 cm³/mol. The van der Waals surface area contributed by atoms with Gasteiger partial charge in [0.15, 0.2) is 0 Å². The van der Waals surface area contributed by atoms with Crippen molar-refractivity contribution in [3.63, 3.8) is 0 Å². The standard InChI is InChI=1S/C18H22N6/c1-23(2)18-20-8-6-17(22-18)21-16-7-9-24(13-16)12-15-5-3-4-14(10-15)11-19/h3-6,8,10,16H,7,9,12-13H2,1-2H3,(H,20,21,22). The highest BCUT2D eigenvalue weighted by molar-refractivity contribution is 5.41. The van der Waals surface area contributed by atoms with Crippen LogP contribution in [0.5, 0.6) is 0 Å². The summed E-state index contributed by atoms with van der Waals surface area (Å²) < 4.78 is 0. The van der Waals surface area contributed by atoms with Gasteiger partial charge in [-0.15, -0.1) is 0 Å². The molecule has 1 saturated heterocycles. The van der Waals surface area contributed by atoms with Crippen molar-refractivity contribution in [1.29, 1.82) is 5.26 Å². The van der Waals surface area contributed by atoms with Crippen molar-refractivity contribution >= 4 is 11.8 Å². The largest absolute Gasteiger partial charge is 0.366 e. The van der Waals surface area contributed by atoms with E-state index in [1.54, 1.807) is 6.20 Å². The molecule has 2 aromatic rings. The zero-order valence-corrected chi connectivity index (χ0v) is 14.1. The third-order valence-corrected chi connectivity index (χ3v) is 4.13. The van der Waals surface area contributed by atoms with E-state index in [0.29, 0.717) is 12.0 Å². The van der Waals surface area contributed by atoms with Crippen molar-refractivity contribution < 1.29 is 0 Å². The molecule has 1 unspecified atom stereocenters. The van der Waals surface area contributed by atoms with E-state index in [1.165, 1.54) is 5.56 Å². The Morgan fingerprint density at radius 2 is 2.25 bits per heavy atom. The molecule has 0 aliphatic carbocycles.